The van der Waals surface area contributed by atoms with E-state index in [-0.39, 0.29) is 23.6 Å². The van der Waals surface area contributed by atoms with Crippen LogP contribution in [-0.4, -0.2) is 90.7 Å². The second kappa shape index (κ2) is 13.2. The summed E-state index contributed by atoms with van der Waals surface area (Å²) in [6, 6.07) is 13.6. The molecule has 0 spiro atoms. The molecule has 6 bridgehead atoms. The topological polar surface area (TPSA) is 125 Å². The number of anilines is 2. The number of carbonyl (C=O) groups is 1. The quantitative estimate of drug-likeness (QED) is 0.246. The van der Waals surface area contributed by atoms with Crippen LogP contribution < -0.4 is 20.5 Å². The Morgan fingerprint density at radius 1 is 0.873 bits per heavy atom. The fourth-order valence-electron chi connectivity index (χ4n) is 8.83. The van der Waals surface area contributed by atoms with E-state index in [4.69, 9.17) is 24.5 Å². The van der Waals surface area contributed by atoms with Crippen molar-refractivity contribution in [2.45, 2.75) is 63.9 Å². The number of hydrogen-bond acceptors (Lipinski definition) is 9. The van der Waals surface area contributed by atoms with Crippen molar-refractivity contribution in [3.8, 4) is 22.7 Å². The Morgan fingerprint density at radius 2 is 1.78 bits per heavy atom. The number of ether oxygens (including phenoxy) is 2. The number of hydrogen-bond donors (Lipinski definition) is 1. The van der Waals surface area contributed by atoms with Crippen LogP contribution in [0.15, 0.2) is 65.6 Å². The third kappa shape index (κ3) is 5.79. The summed E-state index contributed by atoms with van der Waals surface area (Å²) in [4.78, 5) is 42.7. The number of nitrogens with one attached hydrogen (secondary N) is 1. The summed E-state index contributed by atoms with van der Waals surface area (Å²) >= 11 is 0. The molecule has 1 N–H and O–H groups in total. The molecule has 1 amide bonds. The van der Waals surface area contributed by atoms with Crippen molar-refractivity contribution in [1.82, 2.24) is 33.8 Å². The number of nitrogens with zero attached hydrogens (tertiary/aromatic N) is 8. The molecule has 55 heavy (non-hydrogen) atoms. The van der Waals surface area contributed by atoms with Crippen LogP contribution in [0.2, 0.25) is 0 Å². The van der Waals surface area contributed by atoms with E-state index in [1.54, 1.807) is 27.6 Å². The van der Waals surface area contributed by atoms with Crippen molar-refractivity contribution in [2.75, 3.05) is 43.1 Å². The highest BCUT2D eigenvalue weighted by Crippen LogP contribution is 2.37. The van der Waals surface area contributed by atoms with Gasteiger partial charge in [0, 0.05) is 62.6 Å². The molecule has 4 aromatic heterocycles. The van der Waals surface area contributed by atoms with Crippen LogP contribution in [0.3, 0.4) is 0 Å². The maximum Gasteiger partial charge on any atom is 0.254 e. The summed E-state index contributed by atoms with van der Waals surface area (Å²) < 4.78 is 47.3. The molecule has 6 aromatic rings. The first-order valence-electron chi connectivity index (χ1n) is 18.9. The van der Waals surface area contributed by atoms with E-state index >= 15 is 4.39 Å². The van der Waals surface area contributed by atoms with Gasteiger partial charge in [-0.05, 0) is 62.9 Å². The normalized spacial score (nSPS) is 21.4. The van der Waals surface area contributed by atoms with Gasteiger partial charge in [0.2, 0.25) is 5.91 Å². The van der Waals surface area contributed by atoms with Crippen molar-refractivity contribution in [3.05, 3.63) is 88.6 Å². The van der Waals surface area contributed by atoms with Gasteiger partial charge in [0.1, 0.15) is 46.4 Å². The van der Waals surface area contributed by atoms with Crippen molar-refractivity contribution < 1.29 is 23.0 Å². The molecule has 2 aromatic carbocycles. The number of amides is 1. The Bertz CT molecular complexity index is 2570. The van der Waals surface area contributed by atoms with Gasteiger partial charge in [0.15, 0.2) is 0 Å². The van der Waals surface area contributed by atoms with Gasteiger partial charge in [-0.1, -0.05) is 6.07 Å². The van der Waals surface area contributed by atoms with Crippen LogP contribution in [-0.2, 0) is 22.6 Å². The predicted octanol–water partition coefficient (Wildman–Crippen LogP) is 5.05. The first-order chi connectivity index (χ1) is 26.8. The average molecular weight is 748 g/mol. The maximum atomic E-state index is 15.1. The number of carbonyl (C=O) groups excluding carboxylic acids is 1. The molecule has 2 fully saturated rings. The molecule has 282 valence electrons. The molecule has 0 saturated carbocycles. The molecule has 4 aliphatic heterocycles. The molecule has 8 heterocycles. The molecule has 0 unspecified atom stereocenters. The number of halogens is 2. The molecule has 0 radical (unpaired) electrons. The first-order valence-corrected chi connectivity index (χ1v) is 18.9. The van der Waals surface area contributed by atoms with Crippen LogP contribution in [0.25, 0.3) is 39.0 Å². The van der Waals surface area contributed by atoms with Gasteiger partial charge < -0.3 is 29.2 Å². The van der Waals surface area contributed by atoms with E-state index in [1.165, 1.54) is 24.3 Å². The molecule has 10 rings (SSSR count). The number of aromatic nitrogens is 6. The molecule has 4 aliphatic rings. The maximum absolute atomic E-state index is 15.1. The lowest BCUT2D eigenvalue weighted by atomic mass is 10.1. The molecule has 0 aliphatic carbocycles. The van der Waals surface area contributed by atoms with Gasteiger partial charge in [-0.25, -0.2) is 23.4 Å². The van der Waals surface area contributed by atoms with Crippen molar-refractivity contribution in [1.29, 1.82) is 0 Å². The Kier molecular flexibility index (Phi) is 8.08. The van der Waals surface area contributed by atoms with Crippen LogP contribution in [0.4, 0.5) is 20.3 Å². The number of fused-ring (bicyclic) bond motifs is 9. The SMILES string of the molecule is Cc1nc2cc(F)cc3c2n1C[C@H]1CN(CCCO1)C(=O)[C@@H]1C[C@@H](CN1c1cc(=O)n2c4c1cnn4-c1ccc(F)cc1OCCCC2)Nc1cccc-3n1. The van der Waals surface area contributed by atoms with Crippen LogP contribution in [0.1, 0.15) is 31.5 Å². The smallest absolute Gasteiger partial charge is 0.254 e. The molecule has 15 heteroatoms. The monoisotopic (exact) mass is 747 g/mol. The van der Waals surface area contributed by atoms with Gasteiger partial charge >= 0.3 is 0 Å². The Morgan fingerprint density at radius 3 is 2.69 bits per heavy atom. The third-order valence-corrected chi connectivity index (χ3v) is 11.3. The van der Waals surface area contributed by atoms with Gasteiger partial charge in [-0.2, -0.15) is 5.10 Å². The Hall–Kier alpha value is -5.83. The third-order valence-electron chi connectivity index (χ3n) is 11.3. The van der Waals surface area contributed by atoms with Gasteiger partial charge in [-0.15, -0.1) is 0 Å². The predicted molar refractivity (Wildman–Crippen MR) is 202 cm³/mol. The standard InChI is InChI=1S/C40H39F2N9O4/c1-23-44-31-15-25(42)14-28-30-6-4-7-36(46-30)45-26-17-34(40(53)47-10-5-13-54-27(21-47)22-49(23)38(28)31)50(20-26)33-18-37(52)48-11-2-3-12-55-35-16-24(41)8-9-32(35)51-39(48)29(33)19-43-51/h4,6-9,14-16,18-19,26-27,34H,2-3,5,10-13,17,20-22H2,1H3,(H,45,46)/t26-,27+,34-/m0/s1. The summed E-state index contributed by atoms with van der Waals surface area (Å²) in [5, 5.41) is 9.02. The number of imidazole rings is 1. The second-order valence-electron chi connectivity index (χ2n) is 14.9. The molecule has 3 atom stereocenters. The number of aryl methyl sites for hydroxylation is 2. The summed E-state index contributed by atoms with van der Waals surface area (Å²) in [6.45, 7) is 4.87. The van der Waals surface area contributed by atoms with E-state index < -0.39 is 17.7 Å². The van der Waals surface area contributed by atoms with E-state index in [2.05, 4.69) is 5.32 Å². The fourth-order valence-corrected chi connectivity index (χ4v) is 8.83. The molecular formula is C40H39F2N9O4. The summed E-state index contributed by atoms with van der Waals surface area (Å²) in [5.74, 6) is 0.739. The highest BCUT2D eigenvalue weighted by molar-refractivity contribution is 5.95. The zero-order valence-corrected chi connectivity index (χ0v) is 30.3. The zero-order valence-electron chi connectivity index (χ0n) is 30.3. The lowest BCUT2D eigenvalue weighted by molar-refractivity contribution is -0.133. The van der Waals surface area contributed by atoms with Crippen molar-refractivity contribution in [3.63, 3.8) is 0 Å². The Labute approximate surface area is 314 Å². The van der Waals surface area contributed by atoms with Gasteiger partial charge in [0.05, 0.1) is 53.3 Å². The Balaban J connectivity index is 1.12. The van der Waals surface area contributed by atoms with Gasteiger partial charge in [0.25, 0.3) is 5.56 Å². The minimum Gasteiger partial charge on any atom is -0.491 e. The summed E-state index contributed by atoms with van der Waals surface area (Å²) in [7, 11) is 0. The van der Waals surface area contributed by atoms with E-state index in [1.807, 2.05) is 39.5 Å². The fraction of sp³-hybridized carbons (Fsp3) is 0.375. The first kappa shape index (κ1) is 33.7. The number of rotatable bonds is 1. The lowest BCUT2D eigenvalue weighted by Gasteiger charge is -2.32. The highest BCUT2D eigenvalue weighted by atomic mass is 19.1. The number of pyridine rings is 2. The minimum absolute atomic E-state index is 0.0558. The van der Waals surface area contributed by atoms with E-state index in [9.17, 15) is 14.0 Å². The average Bonchev–Trinajstić information content (AvgIpc) is 3.82. The largest absolute Gasteiger partial charge is 0.491 e. The van der Waals surface area contributed by atoms with Crippen LogP contribution >= 0.6 is 0 Å². The van der Waals surface area contributed by atoms with Crippen molar-refractivity contribution >= 4 is 39.5 Å². The molecule has 13 nitrogen and oxygen atoms in total. The summed E-state index contributed by atoms with van der Waals surface area (Å²) in [6.07, 6.45) is 3.82. The zero-order chi connectivity index (χ0) is 37.4. The number of benzene rings is 2. The molecule has 2 saturated heterocycles. The van der Waals surface area contributed by atoms with Crippen LogP contribution in [0, 0.1) is 18.6 Å². The van der Waals surface area contributed by atoms with Crippen LogP contribution in [0.5, 0.6) is 5.75 Å². The molecular weight excluding hydrogens is 708 g/mol. The highest BCUT2D eigenvalue weighted by Gasteiger charge is 2.41. The van der Waals surface area contributed by atoms with E-state index in [0.717, 1.165) is 5.52 Å². The minimum atomic E-state index is -0.622. The van der Waals surface area contributed by atoms with Crippen molar-refractivity contribution in [2.24, 2.45) is 0 Å². The lowest BCUT2D eigenvalue weighted by Crippen LogP contribution is -2.48. The van der Waals surface area contributed by atoms with Gasteiger partial charge in [-0.3, -0.25) is 14.2 Å². The van der Waals surface area contributed by atoms with E-state index in [0.29, 0.717) is 128 Å². The second-order valence-corrected chi connectivity index (χ2v) is 14.9. The summed E-state index contributed by atoms with van der Waals surface area (Å²) in [5.41, 5.74) is 3.96.